The van der Waals surface area contributed by atoms with E-state index in [0.29, 0.717) is 17.9 Å². The summed E-state index contributed by atoms with van der Waals surface area (Å²) in [6.45, 7) is 2.19. The van der Waals surface area contributed by atoms with Crippen molar-refractivity contribution in [2.75, 3.05) is 12.9 Å². The van der Waals surface area contributed by atoms with Crippen molar-refractivity contribution in [2.24, 2.45) is 4.99 Å². The van der Waals surface area contributed by atoms with Crippen LogP contribution in [0, 0.1) is 5.82 Å². The highest BCUT2D eigenvalue weighted by Crippen LogP contribution is 2.19. The van der Waals surface area contributed by atoms with Crippen LogP contribution in [-0.4, -0.2) is 27.5 Å². The van der Waals surface area contributed by atoms with E-state index >= 15 is 0 Å². The van der Waals surface area contributed by atoms with Gasteiger partial charge < -0.3 is 4.74 Å². The minimum atomic E-state index is -3.22. The summed E-state index contributed by atoms with van der Waals surface area (Å²) in [5.74, 6) is -0.240. The van der Waals surface area contributed by atoms with Gasteiger partial charge in [-0.2, -0.15) is 0 Å². The van der Waals surface area contributed by atoms with Crippen LogP contribution in [0.2, 0.25) is 0 Å². The van der Waals surface area contributed by atoms with Gasteiger partial charge in [0.15, 0.2) is 21.4 Å². The summed E-state index contributed by atoms with van der Waals surface area (Å²) in [7, 11) is -3.22. The molecule has 0 N–H and O–H groups in total. The van der Waals surface area contributed by atoms with Crippen LogP contribution in [0.5, 0.6) is 5.75 Å². The van der Waals surface area contributed by atoms with Crippen molar-refractivity contribution in [1.82, 2.24) is 0 Å². The van der Waals surface area contributed by atoms with Gasteiger partial charge in [-0.15, -0.1) is 0 Å². The fourth-order valence-corrected chi connectivity index (χ4v) is 2.43. The molecule has 0 radical (unpaired) electrons. The molecular weight excluding hydrogens is 305 g/mol. The SMILES string of the molecule is CCOc1ccc(C=Nc2ccc(S(C)(=O)=O)cc2)cc1F. The third-order valence-corrected chi connectivity index (χ3v) is 4.01. The summed E-state index contributed by atoms with van der Waals surface area (Å²) >= 11 is 0. The van der Waals surface area contributed by atoms with E-state index in [9.17, 15) is 12.8 Å². The van der Waals surface area contributed by atoms with E-state index in [1.165, 1.54) is 24.4 Å². The van der Waals surface area contributed by atoms with Crippen LogP contribution < -0.4 is 4.74 Å². The van der Waals surface area contributed by atoms with Crippen LogP contribution in [0.15, 0.2) is 52.4 Å². The second-order valence-electron chi connectivity index (χ2n) is 4.65. The number of aliphatic imine (C=N–C) groups is 1. The average molecular weight is 321 g/mol. The van der Waals surface area contributed by atoms with Crippen molar-refractivity contribution < 1.29 is 17.5 Å². The second-order valence-corrected chi connectivity index (χ2v) is 6.66. The molecular formula is C16H16FNO3S. The van der Waals surface area contributed by atoms with Crippen molar-refractivity contribution in [1.29, 1.82) is 0 Å². The molecule has 0 aliphatic rings. The number of hydrogen-bond acceptors (Lipinski definition) is 4. The summed E-state index contributed by atoms with van der Waals surface area (Å²) < 4.78 is 41.5. The van der Waals surface area contributed by atoms with Crippen molar-refractivity contribution >= 4 is 21.7 Å². The van der Waals surface area contributed by atoms with E-state index in [1.807, 2.05) is 0 Å². The van der Waals surface area contributed by atoms with Crippen molar-refractivity contribution in [2.45, 2.75) is 11.8 Å². The predicted molar refractivity (Wildman–Crippen MR) is 84.4 cm³/mol. The van der Waals surface area contributed by atoms with Crippen molar-refractivity contribution in [3.05, 3.63) is 53.8 Å². The molecule has 0 unspecified atom stereocenters. The summed E-state index contributed by atoms with van der Waals surface area (Å²) in [4.78, 5) is 4.42. The van der Waals surface area contributed by atoms with Crippen LogP contribution in [-0.2, 0) is 9.84 Å². The van der Waals surface area contributed by atoms with E-state index in [2.05, 4.69) is 4.99 Å². The Morgan fingerprint density at radius 1 is 1.18 bits per heavy atom. The molecule has 0 amide bonds. The molecule has 0 aliphatic carbocycles. The third-order valence-electron chi connectivity index (χ3n) is 2.88. The van der Waals surface area contributed by atoms with Gasteiger partial charge in [-0.05, 0) is 55.0 Å². The number of sulfone groups is 1. The zero-order valence-electron chi connectivity index (χ0n) is 12.3. The Morgan fingerprint density at radius 3 is 2.41 bits per heavy atom. The zero-order valence-corrected chi connectivity index (χ0v) is 13.1. The van der Waals surface area contributed by atoms with Gasteiger partial charge in [0.1, 0.15) is 0 Å². The van der Waals surface area contributed by atoms with E-state index in [1.54, 1.807) is 31.2 Å². The van der Waals surface area contributed by atoms with Gasteiger partial charge in [-0.1, -0.05) is 0 Å². The van der Waals surface area contributed by atoms with Crippen LogP contribution in [0.1, 0.15) is 12.5 Å². The minimum absolute atomic E-state index is 0.206. The van der Waals surface area contributed by atoms with Gasteiger partial charge in [0.2, 0.25) is 0 Å². The fraction of sp³-hybridized carbons (Fsp3) is 0.188. The lowest BCUT2D eigenvalue weighted by atomic mass is 10.2. The Labute approximate surface area is 129 Å². The molecule has 0 heterocycles. The molecule has 0 saturated heterocycles. The number of hydrogen-bond donors (Lipinski definition) is 0. The number of ether oxygens (including phenoxy) is 1. The summed E-state index contributed by atoms with van der Waals surface area (Å²) in [6.07, 6.45) is 2.65. The van der Waals surface area contributed by atoms with Gasteiger partial charge in [0.05, 0.1) is 17.2 Å². The molecule has 0 spiro atoms. The molecule has 0 aliphatic heterocycles. The molecule has 2 aromatic carbocycles. The largest absolute Gasteiger partial charge is 0.491 e. The van der Waals surface area contributed by atoms with E-state index in [4.69, 9.17) is 4.74 Å². The van der Waals surface area contributed by atoms with E-state index < -0.39 is 15.7 Å². The maximum atomic E-state index is 13.7. The monoisotopic (exact) mass is 321 g/mol. The predicted octanol–water partition coefficient (Wildman–Crippen LogP) is 3.38. The average Bonchev–Trinajstić information content (AvgIpc) is 2.47. The van der Waals surface area contributed by atoms with Crippen LogP contribution in [0.3, 0.4) is 0 Å². The van der Waals surface area contributed by atoms with Crippen molar-refractivity contribution in [3.63, 3.8) is 0 Å². The lowest BCUT2D eigenvalue weighted by Crippen LogP contribution is -1.96. The van der Waals surface area contributed by atoms with Crippen LogP contribution >= 0.6 is 0 Å². The number of benzene rings is 2. The molecule has 116 valence electrons. The number of halogens is 1. The molecule has 6 heteroatoms. The first kappa shape index (κ1) is 16.2. The minimum Gasteiger partial charge on any atom is -0.491 e. The first-order valence-electron chi connectivity index (χ1n) is 6.66. The van der Waals surface area contributed by atoms with Crippen molar-refractivity contribution in [3.8, 4) is 5.75 Å². The third kappa shape index (κ3) is 4.14. The topological polar surface area (TPSA) is 55.7 Å². The molecule has 2 rings (SSSR count). The van der Waals surface area contributed by atoms with Gasteiger partial charge in [0, 0.05) is 12.5 Å². The smallest absolute Gasteiger partial charge is 0.175 e. The lowest BCUT2D eigenvalue weighted by Gasteiger charge is -2.04. The first-order chi connectivity index (χ1) is 10.4. The van der Waals surface area contributed by atoms with Gasteiger partial charge in [-0.25, -0.2) is 12.8 Å². The fourth-order valence-electron chi connectivity index (χ4n) is 1.80. The Morgan fingerprint density at radius 2 is 1.86 bits per heavy atom. The quantitative estimate of drug-likeness (QED) is 0.793. The molecule has 0 saturated carbocycles. The van der Waals surface area contributed by atoms with Crippen LogP contribution in [0.25, 0.3) is 0 Å². The van der Waals surface area contributed by atoms with Crippen LogP contribution in [0.4, 0.5) is 10.1 Å². The first-order valence-corrected chi connectivity index (χ1v) is 8.56. The van der Waals surface area contributed by atoms with Gasteiger partial charge in [-0.3, -0.25) is 4.99 Å². The molecule has 0 atom stereocenters. The summed E-state index contributed by atoms with van der Waals surface area (Å²) in [5, 5.41) is 0. The Kier molecular flexibility index (Phi) is 4.92. The molecule has 22 heavy (non-hydrogen) atoms. The maximum absolute atomic E-state index is 13.7. The lowest BCUT2D eigenvalue weighted by molar-refractivity contribution is 0.321. The highest BCUT2D eigenvalue weighted by molar-refractivity contribution is 7.90. The van der Waals surface area contributed by atoms with E-state index in [-0.39, 0.29) is 10.6 Å². The molecule has 2 aromatic rings. The summed E-state index contributed by atoms with van der Waals surface area (Å²) in [6, 6.07) is 10.7. The Balaban J connectivity index is 2.16. The Hall–Kier alpha value is -2.21. The molecule has 4 nitrogen and oxygen atoms in total. The second kappa shape index (κ2) is 6.70. The van der Waals surface area contributed by atoms with E-state index in [0.717, 1.165) is 6.26 Å². The normalized spacial score (nSPS) is 11.8. The highest BCUT2D eigenvalue weighted by Gasteiger charge is 2.06. The number of nitrogens with zero attached hydrogens (tertiary/aromatic N) is 1. The molecule has 0 aromatic heterocycles. The summed E-state index contributed by atoms with van der Waals surface area (Å²) in [5.41, 5.74) is 1.18. The molecule has 0 bridgehead atoms. The standard InChI is InChI=1S/C16H16FNO3S/c1-3-21-16-9-4-12(10-15(16)17)11-18-13-5-7-14(8-6-13)22(2,19)20/h4-11H,3H2,1-2H3. The Bertz CT molecular complexity index is 784. The zero-order chi connectivity index (χ0) is 16.2. The maximum Gasteiger partial charge on any atom is 0.175 e. The van der Waals surface area contributed by atoms with Gasteiger partial charge >= 0.3 is 0 Å². The highest BCUT2D eigenvalue weighted by atomic mass is 32.2. The van der Waals surface area contributed by atoms with Gasteiger partial charge in [0.25, 0.3) is 0 Å². The molecule has 0 fully saturated rings. The number of rotatable bonds is 5.